The molecule has 0 unspecified atom stereocenters. The van der Waals surface area contributed by atoms with Crippen molar-refractivity contribution in [2.75, 3.05) is 6.61 Å². The molecule has 0 bridgehead atoms. The lowest BCUT2D eigenvalue weighted by atomic mass is 10.1. The van der Waals surface area contributed by atoms with E-state index in [0.717, 1.165) is 10.0 Å². The minimum absolute atomic E-state index is 0.162. The second kappa shape index (κ2) is 6.83. The van der Waals surface area contributed by atoms with Crippen LogP contribution in [-0.4, -0.2) is 24.3 Å². The Morgan fingerprint density at radius 1 is 1.17 bits per heavy atom. The standard InChI is InChI=1S/C17H15BrN2O3/c1-11(12-6-8-13(18)9-7-12)19-20-17(21)16-10-22-14-4-2-3-5-15(14)23-16/h2-9,16H,10H2,1H3,(H,20,21)/b19-11-/t16-/m0/s1. The van der Waals surface area contributed by atoms with E-state index in [2.05, 4.69) is 26.5 Å². The highest BCUT2D eigenvalue weighted by molar-refractivity contribution is 9.10. The Morgan fingerprint density at radius 2 is 1.87 bits per heavy atom. The molecule has 3 rings (SSSR count). The maximum Gasteiger partial charge on any atom is 0.284 e. The first-order chi connectivity index (χ1) is 11.1. The van der Waals surface area contributed by atoms with E-state index in [9.17, 15) is 4.79 Å². The number of nitrogens with one attached hydrogen (secondary N) is 1. The molecular formula is C17H15BrN2O3. The SMILES string of the molecule is C/C(=N/NC(=O)[C@@H]1COc2ccccc2O1)c1ccc(Br)cc1. The Kier molecular flexibility index (Phi) is 4.62. The van der Waals surface area contributed by atoms with E-state index in [1.54, 1.807) is 12.1 Å². The van der Waals surface area contributed by atoms with Crippen LogP contribution in [-0.2, 0) is 4.79 Å². The van der Waals surface area contributed by atoms with Gasteiger partial charge in [-0.1, -0.05) is 40.2 Å². The van der Waals surface area contributed by atoms with Gasteiger partial charge in [-0.15, -0.1) is 0 Å². The molecule has 0 saturated heterocycles. The van der Waals surface area contributed by atoms with Crippen molar-refractivity contribution in [3.05, 3.63) is 58.6 Å². The number of fused-ring (bicyclic) bond motifs is 1. The molecule has 2 aromatic rings. The summed E-state index contributed by atoms with van der Waals surface area (Å²) in [5.74, 6) is 0.870. The molecule has 1 amide bonds. The summed E-state index contributed by atoms with van der Waals surface area (Å²) < 4.78 is 12.1. The van der Waals surface area contributed by atoms with Crippen LogP contribution >= 0.6 is 15.9 Å². The first-order valence-electron chi connectivity index (χ1n) is 7.12. The fraction of sp³-hybridized carbons (Fsp3) is 0.176. The normalized spacial score (nSPS) is 16.8. The number of amides is 1. The fourth-order valence-corrected chi connectivity index (χ4v) is 2.38. The van der Waals surface area contributed by atoms with Crippen LogP contribution in [0.25, 0.3) is 0 Å². The molecule has 1 aliphatic rings. The van der Waals surface area contributed by atoms with E-state index in [0.29, 0.717) is 17.2 Å². The number of rotatable bonds is 3. The quantitative estimate of drug-likeness (QED) is 0.663. The van der Waals surface area contributed by atoms with Crippen LogP contribution in [0.1, 0.15) is 12.5 Å². The fourth-order valence-electron chi connectivity index (χ4n) is 2.12. The Labute approximate surface area is 142 Å². The predicted molar refractivity (Wildman–Crippen MR) is 90.8 cm³/mol. The second-order valence-corrected chi connectivity index (χ2v) is 5.96. The van der Waals surface area contributed by atoms with Gasteiger partial charge in [0.05, 0.1) is 5.71 Å². The van der Waals surface area contributed by atoms with E-state index in [1.165, 1.54) is 0 Å². The Bertz CT molecular complexity index is 744. The van der Waals surface area contributed by atoms with Crippen molar-refractivity contribution >= 4 is 27.5 Å². The molecule has 0 aromatic heterocycles. The molecule has 0 aliphatic carbocycles. The molecule has 1 heterocycles. The number of nitrogens with zero attached hydrogens (tertiary/aromatic N) is 1. The molecule has 2 aromatic carbocycles. The number of hydrazone groups is 1. The molecule has 1 atom stereocenters. The molecule has 0 fully saturated rings. The van der Waals surface area contributed by atoms with Crippen molar-refractivity contribution in [2.45, 2.75) is 13.0 Å². The lowest BCUT2D eigenvalue weighted by molar-refractivity contribution is -0.130. The number of hydrogen-bond donors (Lipinski definition) is 1. The first-order valence-corrected chi connectivity index (χ1v) is 7.91. The van der Waals surface area contributed by atoms with E-state index < -0.39 is 6.10 Å². The number of benzene rings is 2. The third kappa shape index (κ3) is 3.71. The van der Waals surface area contributed by atoms with Gasteiger partial charge < -0.3 is 9.47 Å². The number of halogens is 1. The zero-order valence-electron chi connectivity index (χ0n) is 12.5. The highest BCUT2D eigenvalue weighted by Gasteiger charge is 2.27. The van der Waals surface area contributed by atoms with Gasteiger partial charge in [0.25, 0.3) is 5.91 Å². The number of carbonyl (C=O) groups excluding carboxylic acids is 1. The molecule has 118 valence electrons. The van der Waals surface area contributed by atoms with Crippen molar-refractivity contribution in [1.29, 1.82) is 0 Å². The van der Waals surface area contributed by atoms with Crippen LogP contribution < -0.4 is 14.9 Å². The Hall–Kier alpha value is -2.34. The molecule has 1 aliphatic heterocycles. The van der Waals surface area contributed by atoms with Gasteiger partial charge in [0.1, 0.15) is 6.61 Å². The molecule has 23 heavy (non-hydrogen) atoms. The smallest absolute Gasteiger partial charge is 0.284 e. The summed E-state index contributed by atoms with van der Waals surface area (Å²) >= 11 is 3.38. The van der Waals surface area contributed by atoms with E-state index in [-0.39, 0.29) is 12.5 Å². The minimum atomic E-state index is -0.716. The van der Waals surface area contributed by atoms with Gasteiger partial charge in [0, 0.05) is 4.47 Å². The number of ether oxygens (including phenoxy) is 2. The van der Waals surface area contributed by atoms with Crippen molar-refractivity contribution in [2.24, 2.45) is 5.10 Å². The molecule has 0 saturated carbocycles. The van der Waals surface area contributed by atoms with Crippen LogP contribution in [0.3, 0.4) is 0 Å². The average Bonchev–Trinajstić information content (AvgIpc) is 2.59. The summed E-state index contributed by atoms with van der Waals surface area (Å²) in [6, 6.07) is 14.9. The highest BCUT2D eigenvalue weighted by atomic mass is 79.9. The van der Waals surface area contributed by atoms with Crippen molar-refractivity contribution < 1.29 is 14.3 Å². The van der Waals surface area contributed by atoms with Gasteiger partial charge in [-0.2, -0.15) is 5.10 Å². The first kappa shape index (κ1) is 15.6. The van der Waals surface area contributed by atoms with Gasteiger partial charge in [-0.05, 0) is 36.8 Å². The predicted octanol–water partition coefficient (Wildman–Crippen LogP) is 3.13. The molecule has 6 heteroatoms. The zero-order chi connectivity index (χ0) is 16.2. The Morgan fingerprint density at radius 3 is 2.61 bits per heavy atom. The van der Waals surface area contributed by atoms with Crippen LogP contribution in [0.4, 0.5) is 0 Å². The maximum absolute atomic E-state index is 12.2. The van der Waals surface area contributed by atoms with Crippen LogP contribution in [0.2, 0.25) is 0 Å². The molecular weight excluding hydrogens is 360 g/mol. The van der Waals surface area contributed by atoms with Gasteiger partial charge >= 0.3 is 0 Å². The van der Waals surface area contributed by atoms with Crippen LogP contribution in [0.15, 0.2) is 58.1 Å². The average molecular weight is 375 g/mol. The summed E-state index contributed by atoms with van der Waals surface area (Å²) in [4.78, 5) is 12.2. The van der Waals surface area contributed by atoms with Crippen molar-refractivity contribution in [3.63, 3.8) is 0 Å². The molecule has 1 N–H and O–H groups in total. The summed E-state index contributed by atoms with van der Waals surface area (Å²) in [6.07, 6.45) is -0.716. The summed E-state index contributed by atoms with van der Waals surface area (Å²) in [5.41, 5.74) is 4.17. The molecule has 0 radical (unpaired) electrons. The maximum atomic E-state index is 12.2. The zero-order valence-corrected chi connectivity index (χ0v) is 14.0. The largest absolute Gasteiger partial charge is 0.485 e. The topological polar surface area (TPSA) is 59.9 Å². The van der Waals surface area contributed by atoms with Crippen molar-refractivity contribution in [1.82, 2.24) is 5.43 Å². The third-order valence-corrected chi connectivity index (χ3v) is 3.93. The Balaban J connectivity index is 1.63. The van der Waals surface area contributed by atoms with Gasteiger partial charge in [-0.25, -0.2) is 5.43 Å². The number of carbonyl (C=O) groups is 1. The molecule has 0 spiro atoms. The lowest BCUT2D eigenvalue weighted by Crippen LogP contribution is -2.42. The third-order valence-electron chi connectivity index (χ3n) is 3.40. The highest BCUT2D eigenvalue weighted by Crippen LogP contribution is 2.30. The van der Waals surface area contributed by atoms with Gasteiger partial charge in [0.2, 0.25) is 6.10 Å². The van der Waals surface area contributed by atoms with E-state index >= 15 is 0 Å². The van der Waals surface area contributed by atoms with Crippen molar-refractivity contribution in [3.8, 4) is 11.5 Å². The second-order valence-electron chi connectivity index (χ2n) is 5.04. The lowest BCUT2D eigenvalue weighted by Gasteiger charge is -2.24. The van der Waals surface area contributed by atoms with Gasteiger partial charge in [0.15, 0.2) is 11.5 Å². The monoisotopic (exact) mass is 374 g/mol. The summed E-state index contributed by atoms with van der Waals surface area (Å²) in [5, 5.41) is 4.12. The van der Waals surface area contributed by atoms with E-state index in [1.807, 2.05) is 43.3 Å². The minimum Gasteiger partial charge on any atom is -0.485 e. The van der Waals surface area contributed by atoms with Crippen LogP contribution in [0.5, 0.6) is 11.5 Å². The number of para-hydroxylation sites is 2. The molecule has 5 nitrogen and oxygen atoms in total. The number of hydrogen-bond acceptors (Lipinski definition) is 4. The summed E-state index contributed by atoms with van der Waals surface area (Å²) in [6.45, 7) is 1.99. The summed E-state index contributed by atoms with van der Waals surface area (Å²) in [7, 11) is 0. The van der Waals surface area contributed by atoms with Crippen LogP contribution in [0, 0.1) is 0 Å². The van der Waals surface area contributed by atoms with Gasteiger partial charge in [-0.3, -0.25) is 4.79 Å². The van der Waals surface area contributed by atoms with E-state index in [4.69, 9.17) is 9.47 Å².